The molecule has 12 heteroatoms. The molecule has 3 saturated heterocycles. The lowest BCUT2D eigenvalue weighted by Crippen LogP contribution is -2.57. The molecular formula is C35H47ClN8O3. The topological polar surface area (TPSA) is 117 Å². The monoisotopic (exact) mass is 662 g/mol. The number of H-pyrrole nitrogens is 1. The molecule has 1 atom stereocenters. The average Bonchev–Trinajstić information content (AvgIpc) is 3.57. The molecule has 0 bridgehead atoms. The third-order valence-electron chi connectivity index (χ3n) is 10.6. The van der Waals surface area contributed by atoms with Crippen molar-refractivity contribution in [1.29, 1.82) is 0 Å². The van der Waals surface area contributed by atoms with E-state index in [0.29, 0.717) is 44.9 Å². The number of amides is 5. The smallest absolute Gasteiger partial charge is 0.322 e. The van der Waals surface area contributed by atoms with Crippen LogP contribution >= 0.6 is 12.4 Å². The van der Waals surface area contributed by atoms with Crippen LogP contribution in [0.3, 0.4) is 0 Å². The number of aryl methyl sites for hydroxylation is 1. The second-order valence-corrected chi connectivity index (χ2v) is 13.5. The Bertz CT molecular complexity index is 1570. The molecule has 2 aromatic carbocycles. The van der Waals surface area contributed by atoms with E-state index in [1.807, 2.05) is 41.0 Å². The molecule has 0 saturated carbocycles. The lowest BCUT2D eigenvalue weighted by atomic mass is 9.97. The van der Waals surface area contributed by atoms with Crippen LogP contribution in [0.2, 0.25) is 0 Å². The number of fused-ring (bicyclic) bond motifs is 2. The molecule has 0 spiro atoms. The van der Waals surface area contributed by atoms with Crippen LogP contribution in [0.15, 0.2) is 42.6 Å². The number of urea groups is 2. The standard InChI is InChI=1S/C35H46N8O3.ClH/c1-24-19-25(20-27-22-36-39-32(24)27)21-31(33(44)41-15-9-28(10-16-41)40-13-5-2-6-14-40)38-34(45)42-17-11-29(12-18-42)43-23-26-7-3-4-8-30(26)37-35(43)46;/h3-4,7-8,19-20,22,28-29,31H,2,5-6,9-18,21,23H2,1H3,(H,36,39)(H,37,46)(H,38,45);1H/t31-;/m1./s1. The van der Waals surface area contributed by atoms with Crippen molar-refractivity contribution in [2.24, 2.45) is 0 Å². The summed E-state index contributed by atoms with van der Waals surface area (Å²) in [4.78, 5) is 49.0. The van der Waals surface area contributed by atoms with Gasteiger partial charge in [0, 0.05) is 62.3 Å². The van der Waals surface area contributed by atoms with Gasteiger partial charge in [0.2, 0.25) is 5.91 Å². The Morgan fingerprint density at radius 3 is 2.40 bits per heavy atom. The van der Waals surface area contributed by atoms with Crippen molar-refractivity contribution in [2.45, 2.75) is 83.0 Å². The second-order valence-electron chi connectivity index (χ2n) is 13.5. The zero-order valence-electron chi connectivity index (χ0n) is 27.2. The van der Waals surface area contributed by atoms with Crippen LogP contribution in [-0.2, 0) is 17.8 Å². The Morgan fingerprint density at radius 2 is 1.64 bits per heavy atom. The zero-order chi connectivity index (χ0) is 31.6. The number of halogens is 1. The molecule has 4 aliphatic heterocycles. The van der Waals surface area contributed by atoms with E-state index in [9.17, 15) is 14.4 Å². The van der Waals surface area contributed by atoms with Gasteiger partial charge in [-0.05, 0) is 87.4 Å². The lowest BCUT2D eigenvalue weighted by molar-refractivity contribution is -0.134. The summed E-state index contributed by atoms with van der Waals surface area (Å²) < 4.78 is 0. The molecule has 0 radical (unpaired) electrons. The highest BCUT2D eigenvalue weighted by Crippen LogP contribution is 2.28. The summed E-state index contributed by atoms with van der Waals surface area (Å²) in [5, 5.41) is 14.4. The van der Waals surface area contributed by atoms with E-state index >= 15 is 0 Å². The number of carbonyl (C=O) groups is 3. The first-order valence-corrected chi connectivity index (χ1v) is 17.1. The number of rotatable bonds is 6. The number of hydrogen-bond donors (Lipinski definition) is 3. The minimum Gasteiger partial charge on any atom is -0.341 e. The largest absolute Gasteiger partial charge is 0.341 e. The fraction of sp³-hybridized carbons (Fsp3) is 0.543. The SMILES string of the molecule is Cc1cc(C[C@@H](NC(=O)N2CCC(N3Cc4ccccc4NC3=O)CC2)C(=O)N2CCC(N3CCCCC3)CC2)cc2cn[nH]c12.Cl. The number of carbonyl (C=O) groups excluding carboxylic acids is 3. The fourth-order valence-corrected chi connectivity index (χ4v) is 7.96. The average molecular weight is 663 g/mol. The first-order valence-electron chi connectivity index (χ1n) is 17.1. The molecule has 11 nitrogen and oxygen atoms in total. The van der Waals surface area contributed by atoms with E-state index in [1.165, 1.54) is 32.4 Å². The second kappa shape index (κ2) is 14.5. The van der Waals surface area contributed by atoms with Crippen molar-refractivity contribution in [3.63, 3.8) is 0 Å². The summed E-state index contributed by atoms with van der Waals surface area (Å²) in [6, 6.07) is 11.7. The molecule has 7 rings (SSSR count). The number of hydrogen-bond acceptors (Lipinski definition) is 5. The van der Waals surface area contributed by atoms with Gasteiger partial charge in [-0.2, -0.15) is 5.10 Å². The molecule has 3 fully saturated rings. The van der Waals surface area contributed by atoms with Gasteiger partial charge in [-0.3, -0.25) is 9.89 Å². The quantitative estimate of drug-likeness (QED) is 0.347. The number of piperidine rings is 3. The number of anilines is 1. The summed E-state index contributed by atoms with van der Waals surface area (Å²) in [5.41, 5.74) is 5.03. The van der Waals surface area contributed by atoms with Crippen LogP contribution in [0.1, 0.15) is 61.6 Å². The molecule has 1 aromatic heterocycles. The maximum Gasteiger partial charge on any atom is 0.322 e. The van der Waals surface area contributed by atoms with Gasteiger partial charge in [-0.1, -0.05) is 30.7 Å². The molecule has 5 amide bonds. The van der Waals surface area contributed by atoms with Crippen molar-refractivity contribution in [2.75, 3.05) is 44.6 Å². The third kappa shape index (κ3) is 7.21. The van der Waals surface area contributed by atoms with Crippen molar-refractivity contribution < 1.29 is 14.4 Å². The number of para-hydroxylation sites is 1. The Hall–Kier alpha value is -3.83. The van der Waals surface area contributed by atoms with Gasteiger partial charge in [-0.15, -0.1) is 12.4 Å². The lowest BCUT2D eigenvalue weighted by Gasteiger charge is -2.42. The molecule has 5 heterocycles. The highest BCUT2D eigenvalue weighted by Gasteiger charge is 2.35. The number of likely N-dealkylation sites (tertiary alicyclic amines) is 3. The van der Waals surface area contributed by atoms with E-state index in [0.717, 1.165) is 59.2 Å². The van der Waals surface area contributed by atoms with Crippen LogP contribution < -0.4 is 10.6 Å². The highest BCUT2D eigenvalue weighted by molar-refractivity contribution is 5.92. The fourth-order valence-electron chi connectivity index (χ4n) is 7.96. The van der Waals surface area contributed by atoms with Gasteiger partial charge in [0.05, 0.1) is 11.7 Å². The van der Waals surface area contributed by atoms with Crippen LogP contribution in [0.4, 0.5) is 15.3 Å². The summed E-state index contributed by atoms with van der Waals surface area (Å²) in [6.45, 7) is 7.45. The maximum atomic E-state index is 14.1. The Labute approximate surface area is 282 Å². The molecule has 0 aliphatic carbocycles. The molecule has 3 N–H and O–H groups in total. The number of nitrogens with zero attached hydrogens (tertiary/aromatic N) is 5. The number of benzene rings is 2. The van der Waals surface area contributed by atoms with Crippen LogP contribution in [0.5, 0.6) is 0 Å². The number of aromatic amines is 1. The molecular weight excluding hydrogens is 616 g/mol. The first-order chi connectivity index (χ1) is 22.4. The molecule has 252 valence electrons. The summed E-state index contributed by atoms with van der Waals surface area (Å²) >= 11 is 0. The summed E-state index contributed by atoms with van der Waals surface area (Å²) in [6.07, 6.45) is 9.43. The Morgan fingerprint density at radius 1 is 0.936 bits per heavy atom. The molecule has 0 unspecified atom stereocenters. The van der Waals surface area contributed by atoms with Gasteiger partial charge in [0.1, 0.15) is 6.04 Å². The van der Waals surface area contributed by atoms with Crippen LogP contribution in [0, 0.1) is 6.92 Å². The molecule has 3 aromatic rings. The van der Waals surface area contributed by atoms with Gasteiger partial charge < -0.3 is 30.2 Å². The minimum atomic E-state index is -0.662. The maximum absolute atomic E-state index is 14.1. The van der Waals surface area contributed by atoms with Gasteiger partial charge in [-0.25, -0.2) is 9.59 Å². The summed E-state index contributed by atoms with van der Waals surface area (Å²) in [7, 11) is 0. The van der Waals surface area contributed by atoms with Gasteiger partial charge in [0.15, 0.2) is 0 Å². The Balaban J connectivity index is 0.00000386. The van der Waals surface area contributed by atoms with Crippen molar-refractivity contribution >= 4 is 47.0 Å². The number of aromatic nitrogens is 2. The van der Waals surface area contributed by atoms with E-state index in [1.54, 1.807) is 11.1 Å². The predicted octanol–water partition coefficient (Wildman–Crippen LogP) is 4.90. The van der Waals surface area contributed by atoms with E-state index in [4.69, 9.17) is 0 Å². The minimum absolute atomic E-state index is 0. The van der Waals surface area contributed by atoms with E-state index in [2.05, 4.69) is 37.9 Å². The normalized spacial score (nSPS) is 20.4. The first kappa shape index (κ1) is 33.1. The summed E-state index contributed by atoms with van der Waals surface area (Å²) in [5.74, 6) is -0.00562. The molecule has 4 aliphatic rings. The highest BCUT2D eigenvalue weighted by atomic mass is 35.5. The predicted molar refractivity (Wildman–Crippen MR) is 185 cm³/mol. The van der Waals surface area contributed by atoms with Gasteiger partial charge >= 0.3 is 12.1 Å². The van der Waals surface area contributed by atoms with E-state index < -0.39 is 6.04 Å². The van der Waals surface area contributed by atoms with Crippen molar-refractivity contribution in [1.82, 2.24) is 35.1 Å². The Kier molecular flexibility index (Phi) is 10.2. The third-order valence-corrected chi connectivity index (χ3v) is 10.6. The van der Waals surface area contributed by atoms with Gasteiger partial charge in [0.25, 0.3) is 0 Å². The van der Waals surface area contributed by atoms with Crippen molar-refractivity contribution in [3.05, 3.63) is 59.3 Å². The number of nitrogens with one attached hydrogen (secondary N) is 3. The zero-order valence-corrected chi connectivity index (χ0v) is 28.1. The van der Waals surface area contributed by atoms with E-state index in [-0.39, 0.29) is 36.4 Å². The van der Waals surface area contributed by atoms with Crippen LogP contribution in [0.25, 0.3) is 10.9 Å². The molecule has 47 heavy (non-hydrogen) atoms. The van der Waals surface area contributed by atoms with Crippen molar-refractivity contribution in [3.8, 4) is 0 Å². The van der Waals surface area contributed by atoms with Crippen LogP contribution in [-0.4, -0.2) is 105 Å².